The third-order valence-electron chi connectivity index (χ3n) is 4.60. The van der Waals surface area contributed by atoms with Crippen molar-refractivity contribution in [3.63, 3.8) is 0 Å². The van der Waals surface area contributed by atoms with E-state index in [1.54, 1.807) is 42.5 Å². The third kappa shape index (κ3) is 4.30. The Labute approximate surface area is 188 Å². The molecule has 11 heteroatoms. The minimum atomic E-state index is -4.80. The fourth-order valence-corrected chi connectivity index (χ4v) is 4.33. The van der Waals surface area contributed by atoms with Crippen molar-refractivity contribution in [3.8, 4) is 0 Å². The predicted octanol–water partition coefficient (Wildman–Crippen LogP) is 6.15. The molecule has 0 spiro atoms. The number of benzene rings is 2. The van der Waals surface area contributed by atoms with E-state index in [1.807, 2.05) is 0 Å². The number of anilines is 1. The maximum absolute atomic E-state index is 13.7. The first-order valence-electron chi connectivity index (χ1n) is 8.95. The Morgan fingerprint density at radius 2 is 1.94 bits per heavy atom. The Hall–Kier alpha value is -2.49. The maximum atomic E-state index is 13.7. The van der Waals surface area contributed by atoms with E-state index in [0.717, 1.165) is 21.0 Å². The van der Waals surface area contributed by atoms with Crippen molar-refractivity contribution in [3.05, 3.63) is 58.1 Å². The Morgan fingerprint density at radius 3 is 2.61 bits per heavy atom. The molecule has 1 aromatic heterocycles. The summed E-state index contributed by atoms with van der Waals surface area (Å²) in [6.07, 6.45) is -4.80. The van der Waals surface area contributed by atoms with Crippen molar-refractivity contribution >= 4 is 67.2 Å². The summed E-state index contributed by atoms with van der Waals surface area (Å²) < 4.78 is 41.8. The van der Waals surface area contributed by atoms with Gasteiger partial charge < -0.3 is 0 Å². The summed E-state index contributed by atoms with van der Waals surface area (Å²) in [5, 5.41) is 5.05. The topological polar surface area (TPSA) is 57.9 Å². The highest BCUT2D eigenvalue weighted by atomic mass is 35.5. The smallest absolute Gasteiger partial charge is 0.288 e. The average molecular weight is 485 g/mol. The Morgan fingerprint density at radius 1 is 1.19 bits per heavy atom. The third-order valence-corrected chi connectivity index (χ3v) is 6.35. The summed E-state index contributed by atoms with van der Waals surface area (Å²) in [6, 6.07) is 11.8. The minimum absolute atomic E-state index is 0.00393. The van der Waals surface area contributed by atoms with Crippen LogP contribution in [0, 0.1) is 5.92 Å². The number of thiazole rings is 1. The lowest BCUT2D eigenvalue weighted by molar-refractivity contribution is -0.119. The van der Waals surface area contributed by atoms with Crippen molar-refractivity contribution in [2.75, 3.05) is 5.01 Å². The highest BCUT2D eigenvalue weighted by molar-refractivity contribution is 7.22. The molecular weight excluding hydrogens is 472 g/mol. The van der Waals surface area contributed by atoms with Gasteiger partial charge in [0.25, 0.3) is 5.91 Å². The number of hydrogen-bond acceptors (Lipinski definition) is 5. The molecule has 31 heavy (non-hydrogen) atoms. The van der Waals surface area contributed by atoms with Crippen LogP contribution in [-0.2, 0) is 11.3 Å². The molecule has 0 radical (unpaired) electrons. The molecule has 1 unspecified atom stereocenters. The van der Waals surface area contributed by atoms with Gasteiger partial charge in [-0.15, -0.1) is 0 Å². The molecule has 5 nitrogen and oxygen atoms in total. The number of fused-ring (bicyclic) bond motifs is 1. The maximum Gasteiger partial charge on any atom is 0.432 e. The van der Waals surface area contributed by atoms with Crippen LogP contribution in [0.1, 0.15) is 12.5 Å². The molecule has 2 aromatic carbocycles. The second-order valence-corrected chi connectivity index (χ2v) is 8.56. The number of hydrazone groups is 1. The summed E-state index contributed by atoms with van der Waals surface area (Å²) in [5.41, 5.74) is 0.00291. The van der Waals surface area contributed by atoms with Crippen LogP contribution in [0.25, 0.3) is 10.2 Å². The second kappa shape index (κ2) is 8.22. The molecule has 1 atom stereocenters. The molecule has 0 bridgehead atoms. The lowest BCUT2D eigenvalue weighted by Crippen LogP contribution is -2.37. The molecule has 0 N–H and O–H groups in total. The standard InChI is InChI=1S/C20H13Cl2F3N4OS/c1-10(26-9-11-6-7-12(21)13(22)8-11)16-17(20(23,24)25)28-29(18(16)30)19-27-14-4-2-3-5-15(14)31-19/h2-8,16H,9H2,1H3. The van der Waals surface area contributed by atoms with E-state index in [-0.39, 0.29) is 17.4 Å². The largest absolute Gasteiger partial charge is 0.432 e. The number of aromatic nitrogens is 1. The average Bonchev–Trinajstić information content (AvgIpc) is 3.29. The lowest BCUT2D eigenvalue weighted by atomic mass is 9.97. The molecule has 1 amide bonds. The highest BCUT2D eigenvalue weighted by Gasteiger charge is 2.52. The summed E-state index contributed by atoms with van der Waals surface area (Å²) in [5.74, 6) is -2.49. The summed E-state index contributed by atoms with van der Waals surface area (Å²) in [6.45, 7) is 1.42. The highest BCUT2D eigenvalue weighted by Crippen LogP contribution is 2.36. The van der Waals surface area contributed by atoms with Gasteiger partial charge in [0.15, 0.2) is 5.71 Å². The van der Waals surface area contributed by atoms with Crippen LogP contribution in [0.15, 0.2) is 52.6 Å². The molecular formula is C20H13Cl2F3N4OS. The van der Waals surface area contributed by atoms with Crippen molar-refractivity contribution < 1.29 is 18.0 Å². The van der Waals surface area contributed by atoms with Gasteiger partial charge in [0.1, 0.15) is 5.92 Å². The number of amides is 1. The number of rotatable bonds is 4. The Bertz CT molecular complexity index is 1210. The normalized spacial score (nSPS) is 17.5. The van der Waals surface area contributed by atoms with E-state index >= 15 is 0 Å². The van der Waals surface area contributed by atoms with Crippen LogP contribution in [0.2, 0.25) is 10.0 Å². The number of carbonyl (C=O) groups is 1. The van der Waals surface area contributed by atoms with Gasteiger partial charge in [-0.05, 0) is 36.8 Å². The Kier molecular flexibility index (Phi) is 5.76. The predicted molar refractivity (Wildman–Crippen MR) is 117 cm³/mol. The summed E-state index contributed by atoms with van der Waals surface area (Å²) >= 11 is 12.9. The molecule has 2 heterocycles. The molecule has 160 valence electrons. The molecule has 0 saturated heterocycles. The molecule has 4 rings (SSSR count). The number of nitrogens with zero attached hydrogens (tertiary/aromatic N) is 4. The van der Waals surface area contributed by atoms with Crippen LogP contribution in [0.4, 0.5) is 18.3 Å². The molecule has 0 saturated carbocycles. The van der Waals surface area contributed by atoms with Gasteiger partial charge in [0.2, 0.25) is 5.13 Å². The van der Waals surface area contributed by atoms with E-state index in [0.29, 0.717) is 21.1 Å². The molecule has 1 aliphatic heterocycles. The lowest BCUT2D eigenvalue weighted by Gasteiger charge is -2.14. The number of carbonyl (C=O) groups excluding carboxylic acids is 1. The van der Waals surface area contributed by atoms with Gasteiger partial charge in [-0.1, -0.05) is 52.7 Å². The van der Waals surface area contributed by atoms with Crippen LogP contribution in [0.5, 0.6) is 0 Å². The van der Waals surface area contributed by atoms with Gasteiger partial charge in [-0.3, -0.25) is 9.79 Å². The first-order chi connectivity index (χ1) is 14.6. The number of hydrogen-bond donors (Lipinski definition) is 0. The summed E-state index contributed by atoms with van der Waals surface area (Å²) in [7, 11) is 0. The van der Waals surface area contributed by atoms with Crippen LogP contribution >= 0.6 is 34.5 Å². The monoisotopic (exact) mass is 484 g/mol. The van der Waals surface area contributed by atoms with Crippen LogP contribution < -0.4 is 5.01 Å². The number of aliphatic imine (C=N–C) groups is 1. The number of halogens is 5. The van der Waals surface area contributed by atoms with Gasteiger partial charge in [-0.2, -0.15) is 23.3 Å². The van der Waals surface area contributed by atoms with Crippen LogP contribution in [0.3, 0.4) is 0 Å². The molecule has 1 aliphatic rings. The quantitative estimate of drug-likeness (QED) is 0.417. The van der Waals surface area contributed by atoms with Crippen molar-refractivity contribution in [1.29, 1.82) is 0 Å². The van der Waals surface area contributed by atoms with E-state index in [2.05, 4.69) is 15.1 Å². The first-order valence-corrected chi connectivity index (χ1v) is 10.5. The second-order valence-electron chi connectivity index (χ2n) is 6.74. The number of para-hydroxylation sites is 1. The van der Waals surface area contributed by atoms with Crippen LogP contribution in [-0.4, -0.2) is 28.5 Å². The van der Waals surface area contributed by atoms with Gasteiger partial charge in [0, 0.05) is 5.71 Å². The fourth-order valence-electron chi connectivity index (χ4n) is 3.08. The first kappa shape index (κ1) is 21.7. The van der Waals surface area contributed by atoms with Crippen molar-refractivity contribution in [1.82, 2.24) is 4.98 Å². The van der Waals surface area contributed by atoms with Gasteiger partial charge >= 0.3 is 6.18 Å². The van der Waals surface area contributed by atoms with Crippen molar-refractivity contribution in [2.24, 2.45) is 16.0 Å². The molecule has 3 aromatic rings. The Balaban J connectivity index is 1.66. The van der Waals surface area contributed by atoms with E-state index in [9.17, 15) is 18.0 Å². The zero-order valence-electron chi connectivity index (χ0n) is 15.8. The van der Waals surface area contributed by atoms with E-state index in [4.69, 9.17) is 23.2 Å². The van der Waals surface area contributed by atoms with E-state index in [1.165, 1.54) is 6.92 Å². The zero-order valence-corrected chi connectivity index (χ0v) is 18.1. The minimum Gasteiger partial charge on any atom is -0.288 e. The SMILES string of the molecule is CC(=NCc1ccc(Cl)c(Cl)c1)C1C(=O)N(c2nc3ccccc3s2)N=C1C(F)(F)F. The van der Waals surface area contributed by atoms with Gasteiger partial charge in [0.05, 0.1) is 26.8 Å². The van der Waals surface area contributed by atoms with E-state index < -0.39 is 23.7 Å². The molecule has 0 fully saturated rings. The fraction of sp³-hybridized carbons (Fsp3) is 0.200. The zero-order chi connectivity index (χ0) is 22.3. The van der Waals surface area contributed by atoms with Gasteiger partial charge in [-0.25, -0.2) is 4.98 Å². The number of alkyl halides is 3. The molecule has 0 aliphatic carbocycles. The van der Waals surface area contributed by atoms with Crippen molar-refractivity contribution in [2.45, 2.75) is 19.6 Å². The summed E-state index contributed by atoms with van der Waals surface area (Å²) in [4.78, 5) is 21.4.